The van der Waals surface area contributed by atoms with Gasteiger partial charge in [-0.15, -0.1) is 0 Å². The number of ether oxygens (including phenoxy) is 1. The van der Waals surface area contributed by atoms with Crippen molar-refractivity contribution < 1.29 is 19.1 Å². The van der Waals surface area contributed by atoms with E-state index >= 15 is 0 Å². The molecule has 1 atom stereocenters. The lowest BCUT2D eigenvalue weighted by atomic mass is 9.89. The van der Waals surface area contributed by atoms with Crippen molar-refractivity contribution in [3.05, 3.63) is 63.7 Å². The van der Waals surface area contributed by atoms with E-state index in [1.165, 1.54) is 13.2 Å². The van der Waals surface area contributed by atoms with Crippen molar-refractivity contribution in [2.45, 2.75) is 19.3 Å². The number of benzene rings is 1. The summed E-state index contributed by atoms with van der Waals surface area (Å²) in [5.74, 6) is -0.952. The lowest BCUT2D eigenvalue weighted by Crippen LogP contribution is -2.18. The van der Waals surface area contributed by atoms with Gasteiger partial charge in [0.15, 0.2) is 0 Å². The lowest BCUT2D eigenvalue weighted by molar-refractivity contribution is -0.140. The number of esters is 1. The molecule has 5 nitrogen and oxygen atoms in total. The van der Waals surface area contributed by atoms with Crippen molar-refractivity contribution in [3.63, 3.8) is 0 Å². The number of hydrogen-bond acceptors (Lipinski definition) is 5. The molecule has 0 aliphatic rings. The van der Waals surface area contributed by atoms with Crippen LogP contribution in [0.5, 0.6) is 5.75 Å². The topological polar surface area (TPSA) is 76.7 Å². The summed E-state index contributed by atoms with van der Waals surface area (Å²) >= 11 is 0. The van der Waals surface area contributed by atoms with Gasteiger partial charge in [-0.1, -0.05) is 30.3 Å². The van der Waals surface area contributed by atoms with Gasteiger partial charge >= 0.3 is 11.6 Å². The molecule has 1 aromatic carbocycles. The van der Waals surface area contributed by atoms with Crippen molar-refractivity contribution in [2.75, 3.05) is 7.11 Å². The number of carbonyl (C=O) groups excluding carboxylic acids is 1. The second kappa shape index (κ2) is 6.26. The van der Waals surface area contributed by atoms with E-state index in [4.69, 9.17) is 4.42 Å². The first-order valence-corrected chi connectivity index (χ1v) is 6.48. The predicted octanol–water partition coefficient (Wildman–Crippen LogP) is 2.35. The predicted molar refractivity (Wildman–Crippen MR) is 76.3 cm³/mol. The van der Waals surface area contributed by atoms with E-state index in [1.54, 1.807) is 31.2 Å². The van der Waals surface area contributed by atoms with Crippen molar-refractivity contribution in [1.29, 1.82) is 0 Å². The molecule has 0 fully saturated rings. The van der Waals surface area contributed by atoms with Gasteiger partial charge < -0.3 is 14.3 Å². The molecule has 0 bridgehead atoms. The fraction of sp³-hybridized carbons (Fsp3) is 0.250. The number of aromatic hydroxyl groups is 1. The summed E-state index contributed by atoms with van der Waals surface area (Å²) in [6.45, 7) is 1.57. The van der Waals surface area contributed by atoms with Gasteiger partial charge in [-0.25, -0.2) is 4.79 Å². The number of hydrogen-bond donors (Lipinski definition) is 1. The molecular formula is C16H16O5. The second-order valence-corrected chi connectivity index (χ2v) is 4.69. The largest absolute Gasteiger partial charge is 0.507 e. The van der Waals surface area contributed by atoms with Crippen LogP contribution in [-0.4, -0.2) is 18.2 Å². The quantitative estimate of drug-likeness (QED) is 0.874. The molecule has 1 aromatic heterocycles. The molecule has 0 spiro atoms. The summed E-state index contributed by atoms with van der Waals surface area (Å²) in [5.41, 5.74) is 0.150. The van der Waals surface area contributed by atoms with Crippen LogP contribution in [0, 0.1) is 6.92 Å². The Morgan fingerprint density at radius 1 is 1.33 bits per heavy atom. The number of methoxy groups -OCH3 is 1. The Hall–Kier alpha value is -2.56. The molecule has 0 aliphatic heterocycles. The van der Waals surface area contributed by atoms with Crippen LogP contribution in [0.3, 0.4) is 0 Å². The first-order chi connectivity index (χ1) is 10.0. The van der Waals surface area contributed by atoms with E-state index in [0.717, 1.165) is 5.56 Å². The maximum absolute atomic E-state index is 12.1. The minimum absolute atomic E-state index is 0.0537. The highest BCUT2D eigenvalue weighted by molar-refractivity contribution is 5.71. The minimum atomic E-state index is -0.648. The molecule has 1 unspecified atom stereocenters. The zero-order valence-corrected chi connectivity index (χ0v) is 11.8. The van der Waals surface area contributed by atoms with E-state index in [2.05, 4.69) is 4.74 Å². The summed E-state index contributed by atoms with van der Waals surface area (Å²) in [4.78, 5) is 23.7. The zero-order valence-electron chi connectivity index (χ0n) is 11.8. The Morgan fingerprint density at radius 3 is 2.57 bits per heavy atom. The Balaban J connectivity index is 2.55. The molecule has 0 amide bonds. The molecule has 1 N–H and O–H groups in total. The van der Waals surface area contributed by atoms with Crippen LogP contribution in [0.4, 0.5) is 0 Å². The molecular weight excluding hydrogens is 272 g/mol. The van der Waals surface area contributed by atoms with E-state index in [-0.39, 0.29) is 17.7 Å². The van der Waals surface area contributed by atoms with Crippen LogP contribution in [0.2, 0.25) is 0 Å². The van der Waals surface area contributed by atoms with Gasteiger partial charge in [0.05, 0.1) is 19.1 Å². The average molecular weight is 288 g/mol. The van der Waals surface area contributed by atoms with Gasteiger partial charge in [0.25, 0.3) is 0 Å². The summed E-state index contributed by atoms with van der Waals surface area (Å²) in [5, 5.41) is 10.1. The number of carbonyl (C=O) groups is 1. The standard InChI is InChI=1S/C16H16O5/c1-10-8-13(17)15(16(19)21-10)12(9-14(18)20-2)11-6-4-3-5-7-11/h3-8,12,17H,9H2,1-2H3. The molecule has 2 rings (SSSR count). The van der Waals surface area contributed by atoms with Gasteiger partial charge in [-0.05, 0) is 12.5 Å². The van der Waals surface area contributed by atoms with Crippen LogP contribution < -0.4 is 5.63 Å². The van der Waals surface area contributed by atoms with E-state index < -0.39 is 17.5 Å². The van der Waals surface area contributed by atoms with Gasteiger partial charge in [-0.2, -0.15) is 0 Å². The highest BCUT2D eigenvalue weighted by Gasteiger charge is 2.25. The maximum Gasteiger partial charge on any atom is 0.343 e. The van der Waals surface area contributed by atoms with Crippen molar-refractivity contribution in [2.24, 2.45) is 0 Å². The lowest BCUT2D eigenvalue weighted by Gasteiger charge is -2.16. The second-order valence-electron chi connectivity index (χ2n) is 4.69. The van der Waals surface area contributed by atoms with Gasteiger partial charge in [0.1, 0.15) is 11.5 Å². The molecule has 110 valence electrons. The zero-order chi connectivity index (χ0) is 15.4. The molecule has 5 heteroatoms. The fourth-order valence-corrected chi connectivity index (χ4v) is 2.25. The van der Waals surface area contributed by atoms with Crippen molar-refractivity contribution >= 4 is 5.97 Å². The highest BCUT2D eigenvalue weighted by atomic mass is 16.5. The van der Waals surface area contributed by atoms with Crippen LogP contribution in [0.15, 0.2) is 45.6 Å². The maximum atomic E-state index is 12.1. The van der Waals surface area contributed by atoms with Gasteiger partial charge in [0, 0.05) is 12.0 Å². The SMILES string of the molecule is COC(=O)CC(c1ccccc1)c1c(O)cc(C)oc1=O. The Kier molecular flexibility index (Phi) is 4.42. The molecule has 0 saturated heterocycles. The Bertz CT molecular complexity index is 688. The van der Waals surface area contributed by atoms with Crippen LogP contribution in [-0.2, 0) is 9.53 Å². The Morgan fingerprint density at radius 2 is 2.00 bits per heavy atom. The summed E-state index contributed by atoms with van der Waals surface area (Å²) in [6, 6.07) is 10.4. The first-order valence-electron chi connectivity index (χ1n) is 6.48. The first kappa shape index (κ1) is 14.8. The van der Waals surface area contributed by atoms with Gasteiger partial charge in [0.2, 0.25) is 0 Å². The van der Waals surface area contributed by atoms with Crippen molar-refractivity contribution in [1.82, 2.24) is 0 Å². The molecule has 21 heavy (non-hydrogen) atoms. The molecule has 0 radical (unpaired) electrons. The number of rotatable bonds is 4. The Labute approximate surface area is 121 Å². The average Bonchev–Trinajstić information content (AvgIpc) is 2.46. The van der Waals surface area contributed by atoms with E-state index in [0.29, 0.717) is 5.76 Å². The number of aryl methyl sites for hydroxylation is 1. The summed E-state index contributed by atoms with van der Waals surface area (Å²) < 4.78 is 9.71. The van der Waals surface area contributed by atoms with Gasteiger partial charge in [-0.3, -0.25) is 4.79 Å². The fourth-order valence-electron chi connectivity index (χ4n) is 2.25. The molecule has 0 aliphatic carbocycles. The third-order valence-corrected chi connectivity index (χ3v) is 3.24. The molecule has 1 heterocycles. The van der Waals surface area contributed by atoms with E-state index in [9.17, 15) is 14.7 Å². The normalized spacial score (nSPS) is 11.9. The molecule has 2 aromatic rings. The minimum Gasteiger partial charge on any atom is -0.507 e. The van der Waals surface area contributed by atoms with Crippen molar-refractivity contribution in [3.8, 4) is 5.75 Å². The van der Waals surface area contributed by atoms with Crippen LogP contribution >= 0.6 is 0 Å². The highest BCUT2D eigenvalue weighted by Crippen LogP contribution is 2.32. The van der Waals surface area contributed by atoms with E-state index in [1.807, 2.05) is 6.07 Å². The summed E-state index contributed by atoms with van der Waals surface area (Å²) in [6.07, 6.45) is -0.0537. The third-order valence-electron chi connectivity index (χ3n) is 3.24. The van der Waals surface area contributed by atoms with Crippen LogP contribution in [0.1, 0.15) is 29.2 Å². The molecule has 0 saturated carbocycles. The van der Waals surface area contributed by atoms with Crippen LogP contribution in [0.25, 0.3) is 0 Å². The monoisotopic (exact) mass is 288 g/mol. The smallest absolute Gasteiger partial charge is 0.343 e. The third kappa shape index (κ3) is 3.31. The summed E-state index contributed by atoms with van der Waals surface area (Å²) in [7, 11) is 1.28.